The number of hydrogen-bond acceptors (Lipinski definition) is 4. The number of nitrogens with zero attached hydrogens (tertiary/aromatic N) is 2. The van der Waals surface area contributed by atoms with E-state index in [0.717, 1.165) is 37.8 Å². The molecule has 2 N–H and O–H groups in total. The van der Waals surface area contributed by atoms with Crippen LogP contribution in [0.3, 0.4) is 0 Å². The average molecular weight is 263 g/mol. The first kappa shape index (κ1) is 13.0. The minimum Gasteiger partial charge on any atom is -0.444 e. The summed E-state index contributed by atoms with van der Waals surface area (Å²) in [5, 5.41) is 0. The molecule has 0 spiro atoms. The average Bonchev–Trinajstić information content (AvgIpc) is 3.12. The van der Waals surface area contributed by atoms with Crippen LogP contribution in [0, 0.1) is 0 Å². The van der Waals surface area contributed by atoms with Gasteiger partial charge < -0.3 is 15.1 Å². The van der Waals surface area contributed by atoms with Crippen molar-refractivity contribution in [3.63, 3.8) is 0 Å². The van der Waals surface area contributed by atoms with Crippen LogP contribution in [0.1, 0.15) is 43.9 Å². The molecule has 0 amide bonds. The van der Waals surface area contributed by atoms with Crippen molar-refractivity contribution in [2.45, 2.75) is 38.1 Å². The minimum absolute atomic E-state index is 0.265. The smallest absolute Gasteiger partial charge is 0.195 e. The standard InChI is InChI=1S/C15H25N3O/c16-12-13(17-8-4-5-9-17)14-6-7-15(19-14)18-10-2-1-3-11-18/h6-7,13H,1-5,8-12,16H2. The largest absolute Gasteiger partial charge is 0.444 e. The number of likely N-dealkylation sites (tertiary alicyclic amines) is 1. The molecule has 2 saturated heterocycles. The number of rotatable bonds is 4. The van der Waals surface area contributed by atoms with Gasteiger partial charge in [-0.2, -0.15) is 0 Å². The predicted molar refractivity (Wildman–Crippen MR) is 77.4 cm³/mol. The zero-order chi connectivity index (χ0) is 13.1. The second-order valence-corrected chi connectivity index (χ2v) is 5.72. The Morgan fingerprint density at radius 3 is 2.37 bits per heavy atom. The number of piperidine rings is 1. The highest BCUT2D eigenvalue weighted by atomic mass is 16.4. The van der Waals surface area contributed by atoms with E-state index in [1.807, 2.05) is 0 Å². The van der Waals surface area contributed by atoms with E-state index in [2.05, 4.69) is 21.9 Å². The minimum atomic E-state index is 0.265. The van der Waals surface area contributed by atoms with Crippen molar-refractivity contribution in [1.82, 2.24) is 4.90 Å². The van der Waals surface area contributed by atoms with E-state index in [1.165, 1.54) is 32.1 Å². The number of furan rings is 1. The lowest BCUT2D eigenvalue weighted by Crippen LogP contribution is -2.31. The third-order valence-corrected chi connectivity index (χ3v) is 4.41. The van der Waals surface area contributed by atoms with E-state index in [-0.39, 0.29) is 6.04 Å². The highest BCUT2D eigenvalue weighted by Crippen LogP contribution is 2.29. The summed E-state index contributed by atoms with van der Waals surface area (Å²) in [5.41, 5.74) is 5.96. The Labute approximate surface area is 115 Å². The summed E-state index contributed by atoms with van der Waals surface area (Å²) in [6, 6.07) is 4.51. The fourth-order valence-electron chi connectivity index (χ4n) is 3.30. The summed E-state index contributed by atoms with van der Waals surface area (Å²) in [7, 11) is 0. The highest BCUT2D eigenvalue weighted by molar-refractivity contribution is 5.37. The van der Waals surface area contributed by atoms with Gasteiger partial charge in [0.25, 0.3) is 0 Å². The Kier molecular flexibility index (Phi) is 4.09. The van der Waals surface area contributed by atoms with Gasteiger partial charge >= 0.3 is 0 Å². The molecule has 2 fully saturated rings. The van der Waals surface area contributed by atoms with Gasteiger partial charge in [-0.25, -0.2) is 0 Å². The number of anilines is 1. The van der Waals surface area contributed by atoms with Crippen molar-refractivity contribution in [3.05, 3.63) is 17.9 Å². The fraction of sp³-hybridized carbons (Fsp3) is 0.733. The van der Waals surface area contributed by atoms with E-state index in [1.54, 1.807) is 0 Å². The molecule has 1 aromatic rings. The van der Waals surface area contributed by atoms with Crippen LogP contribution in [0.4, 0.5) is 5.88 Å². The van der Waals surface area contributed by atoms with Crippen molar-refractivity contribution in [2.24, 2.45) is 5.73 Å². The molecule has 3 heterocycles. The Morgan fingerprint density at radius 2 is 1.68 bits per heavy atom. The van der Waals surface area contributed by atoms with Gasteiger partial charge in [-0.3, -0.25) is 4.90 Å². The lowest BCUT2D eigenvalue weighted by molar-refractivity contribution is 0.221. The third-order valence-electron chi connectivity index (χ3n) is 4.41. The first-order chi connectivity index (χ1) is 9.38. The molecule has 0 aromatic carbocycles. The monoisotopic (exact) mass is 263 g/mol. The Hall–Kier alpha value is -1.00. The van der Waals surface area contributed by atoms with Crippen LogP contribution < -0.4 is 10.6 Å². The predicted octanol–water partition coefficient (Wildman–Crippen LogP) is 2.37. The van der Waals surface area contributed by atoms with Crippen molar-refractivity contribution in [2.75, 3.05) is 37.6 Å². The molecule has 3 rings (SSSR count). The Balaban J connectivity index is 1.71. The maximum absolute atomic E-state index is 6.09. The van der Waals surface area contributed by atoms with Crippen molar-refractivity contribution in [3.8, 4) is 0 Å². The van der Waals surface area contributed by atoms with Gasteiger partial charge in [0.1, 0.15) is 5.76 Å². The summed E-state index contributed by atoms with van der Waals surface area (Å²) in [4.78, 5) is 4.82. The SMILES string of the molecule is NCC(c1ccc(N2CCCCC2)o1)N1CCCC1. The molecule has 1 unspecified atom stereocenters. The highest BCUT2D eigenvalue weighted by Gasteiger charge is 2.25. The van der Waals surface area contributed by atoms with Gasteiger partial charge in [0, 0.05) is 25.7 Å². The first-order valence-electron chi connectivity index (χ1n) is 7.67. The summed E-state index contributed by atoms with van der Waals surface area (Å²) < 4.78 is 6.09. The van der Waals surface area contributed by atoms with Crippen LogP contribution in [0.15, 0.2) is 16.5 Å². The van der Waals surface area contributed by atoms with Crippen LogP contribution in [0.2, 0.25) is 0 Å². The van der Waals surface area contributed by atoms with Crippen molar-refractivity contribution >= 4 is 5.88 Å². The molecule has 1 atom stereocenters. The molecule has 1 aromatic heterocycles. The molecule has 0 radical (unpaired) electrons. The lowest BCUT2D eigenvalue weighted by Gasteiger charge is -2.27. The molecule has 4 heteroatoms. The summed E-state index contributed by atoms with van der Waals surface area (Å²) in [6.45, 7) is 5.21. The summed E-state index contributed by atoms with van der Waals surface area (Å²) in [6.07, 6.45) is 6.49. The van der Waals surface area contributed by atoms with Crippen LogP contribution in [-0.2, 0) is 0 Å². The second kappa shape index (κ2) is 5.97. The maximum Gasteiger partial charge on any atom is 0.195 e. The zero-order valence-corrected chi connectivity index (χ0v) is 11.7. The quantitative estimate of drug-likeness (QED) is 0.906. The van der Waals surface area contributed by atoms with Crippen LogP contribution in [0.25, 0.3) is 0 Å². The summed E-state index contributed by atoms with van der Waals surface area (Å²) in [5.74, 6) is 2.08. The van der Waals surface area contributed by atoms with E-state index in [0.29, 0.717) is 6.54 Å². The van der Waals surface area contributed by atoms with Gasteiger partial charge in [0.2, 0.25) is 0 Å². The van der Waals surface area contributed by atoms with E-state index in [9.17, 15) is 0 Å². The number of nitrogens with two attached hydrogens (primary N) is 1. The van der Waals surface area contributed by atoms with E-state index < -0.39 is 0 Å². The van der Waals surface area contributed by atoms with Gasteiger partial charge in [-0.05, 0) is 51.3 Å². The van der Waals surface area contributed by atoms with Crippen LogP contribution in [-0.4, -0.2) is 37.6 Å². The lowest BCUT2D eigenvalue weighted by atomic mass is 10.1. The van der Waals surface area contributed by atoms with Crippen LogP contribution >= 0.6 is 0 Å². The first-order valence-corrected chi connectivity index (χ1v) is 7.67. The molecule has 0 saturated carbocycles. The van der Waals surface area contributed by atoms with E-state index in [4.69, 9.17) is 10.2 Å². The molecule has 19 heavy (non-hydrogen) atoms. The van der Waals surface area contributed by atoms with Gasteiger partial charge in [-0.15, -0.1) is 0 Å². The van der Waals surface area contributed by atoms with Gasteiger partial charge in [-0.1, -0.05) is 0 Å². The molecule has 0 bridgehead atoms. The molecule has 2 aliphatic rings. The molecule has 4 nitrogen and oxygen atoms in total. The third kappa shape index (κ3) is 2.79. The normalized spacial score (nSPS) is 22.9. The van der Waals surface area contributed by atoms with Crippen molar-refractivity contribution in [1.29, 1.82) is 0 Å². The molecule has 2 aliphatic heterocycles. The zero-order valence-electron chi connectivity index (χ0n) is 11.7. The molecule has 0 aliphatic carbocycles. The Morgan fingerprint density at radius 1 is 1.00 bits per heavy atom. The molecular formula is C15H25N3O. The van der Waals surface area contributed by atoms with Crippen LogP contribution in [0.5, 0.6) is 0 Å². The molecular weight excluding hydrogens is 238 g/mol. The number of hydrogen-bond donors (Lipinski definition) is 1. The van der Waals surface area contributed by atoms with E-state index >= 15 is 0 Å². The maximum atomic E-state index is 6.09. The topological polar surface area (TPSA) is 45.6 Å². The molecule has 106 valence electrons. The van der Waals surface area contributed by atoms with Gasteiger partial charge in [0.15, 0.2) is 5.88 Å². The fourth-order valence-corrected chi connectivity index (χ4v) is 3.30. The van der Waals surface area contributed by atoms with Gasteiger partial charge in [0.05, 0.1) is 6.04 Å². The second-order valence-electron chi connectivity index (χ2n) is 5.72. The summed E-state index contributed by atoms with van der Waals surface area (Å²) >= 11 is 0. The Bertz CT molecular complexity index is 392. The van der Waals surface area contributed by atoms with Crippen molar-refractivity contribution < 1.29 is 4.42 Å².